The molecule has 1 aromatic carbocycles. The van der Waals surface area contributed by atoms with Crippen LogP contribution in [0.2, 0.25) is 0 Å². The minimum atomic E-state index is -1.87. The van der Waals surface area contributed by atoms with Gasteiger partial charge in [-0.25, -0.2) is 4.79 Å². The number of hydrogen-bond donors (Lipinski definition) is 2. The normalized spacial score (nSPS) is 12.1. The van der Waals surface area contributed by atoms with Crippen LogP contribution in [0.4, 0.5) is 5.69 Å². The monoisotopic (exact) mass is 323 g/mol. The second kappa shape index (κ2) is 4.53. The lowest BCUT2D eigenvalue weighted by atomic mass is 10.1. The second-order valence-corrected chi connectivity index (χ2v) is 3.84. The molecule has 0 radical (unpaired) electrons. The van der Waals surface area contributed by atoms with Crippen molar-refractivity contribution >= 4 is 34.2 Å². The Morgan fingerprint density at radius 1 is 1.53 bits per heavy atom. The van der Waals surface area contributed by atoms with Crippen LogP contribution >= 0.6 is 22.6 Å². The lowest BCUT2D eigenvalue weighted by molar-refractivity contribution is -0.387. The van der Waals surface area contributed by atoms with Crippen LogP contribution in [-0.4, -0.2) is 21.1 Å². The van der Waals surface area contributed by atoms with Gasteiger partial charge in [0.15, 0.2) is 6.10 Å². The fraction of sp³-hybridized carbons (Fsp3) is 0.125. The number of halogens is 1. The van der Waals surface area contributed by atoms with E-state index in [1.165, 1.54) is 18.2 Å². The Hall–Kier alpha value is -1.22. The highest BCUT2D eigenvalue weighted by atomic mass is 127. The summed E-state index contributed by atoms with van der Waals surface area (Å²) in [6.07, 6.45) is -1.87. The lowest BCUT2D eigenvalue weighted by Crippen LogP contribution is -2.13. The Bertz CT molecular complexity index is 419. The molecule has 0 saturated carbocycles. The van der Waals surface area contributed by atoms with Crippen LogP contribution < -0.4 is 0 Å². The number of benzene rings is 1. The lowest BCUT2D eigenvalue weighted by Gasteiger charge is -2.07. The molecule has 6 nitrogen and oxygen atoms in total. The van der Waals surface area contributed by atoms with Crippen LogP contribution in [0.3, 0.4) is 0 Å². The topological polar surface area (TPSA) is 101 Å². The molecule has 0 aliphatic rings. The van der Waals surface area contributed by atoms with Crippen LogP contribution in [0.15, 0.2) is 18.2 Å². The molecule has 0 heterocycles. The minimum Gasteiger partial charge on any atom is -0.479 e. The van der Waals surface area contributed by atoms with Crippen molar-refractivity contribution in [2.24, 2.45) is 0 Å². The zero-order valence-electron chi connectivity index (χ0n) is 7.25. The first kappa shape index (κ1) is 11.9. The number of carboxylic acid groups (broad SMARTS) is 1. The molecule has 0 bridgehead atoms. The number of nitrogens with zero attached hydrogens (tertiary/aromatic N) is 1. The predicted molar refractivity (Wildman–Crippen MR) is 58.4 cm³/mol. The number of para-hydroxylation sites is 1. The number of nitro groups is 1. The van der Waals surface area contributed by atoms with E-state index in [0.29, 0.717) is 0 Å². The molecule has 0 amide bonds. The summed E-state index contributed by atoms with van der Waals surface area (Å²) >= 11 is 1.71. The van der Waals surface area contributed by atoms with Crippen LogP contribution in [0.1, 0.15) is 11.7 Å². The molecule has 1 rings (SSSR count). The maximum absolute atomic E-state index is 10.7. The van der Waals surface area contributed by atoms with Gasteiger partial charge in [-0.15, -0.1) is 0 Å². The standard InChI is InChI=1S/C8H6INO5/c9-5-3-1-2-4(6(5)10(14)15)7(11)8(12)13/h1-3,7,11H,(H,12,13). The molecule has 0 aromatic heterocycles. The first-order valence-corrected chi connectivity index (χ1v) is 4.86. The molecule has 1 aromatic rings. The van der Waals surface area contributed by atoms with E-state index in [1.54, 1.807) is 22.6 Å². The number of carbonyl (C=O) groups is 1. The molecule has 7 heteroatoms. The van der Waals surface area contributed by atoms with E-state index in [1.807, 2.05) is 0 Å². The average molecular weight is 323 g/mol. The number of aliphatic carboxylic acids is 1. The molecule has 0 aliphatic heterocycles. The van der Waals surface area contributed by atoms with E-state index in [-0.39, 0.29) is 14.8 Å². The molecule has 15 heavy (non-hydrogen) atoms. The number of rotatable bonds is 3. The summed E-state index contributed by atoms with van der Waals surface area (Å²) in [6, 6.07) is 4.14. The zero-order valence-corrected chi connectivity index (χ0v) is 9.41. The second-order valence-electron chi connectivity index (χ2n) is 2.68. The molecular formula is C8H6INO5. The van der Waals surface area contributed by atoms with Crippen molar-refractivity contribution in [1.29, 1.82) is 0 Å². The Balaban J connectivity index is 3.35. The van der Waals surface area contributed by atoms with Crippen LogP contribution in [0.25, 0.3) is 0 Å². The molecule has 1 unspecified atom stereocenters. The number of nitro benzene ring substituents is 1. The van der Waals surface area contributed by atoms with E-state index < -0.39 is 17.0 Å². The number of carboxylic acids is 1. The molecule has 1 atom stereocenters. The molecule has 80 valence electrons. The third-order valence-electron chi connectivity index (χ3n) is 1.73. The van der Waals surface area contributed by atoms with Gasteiger partial charge in [-0.05, 0) is 34.7 Å². The van der Waals surface area contributed by atoms with Crippen molar-refractivity contribution in [3.8, 4) is 0 Å². The Kier molecular flexibility index (Phi) is 3.58. The molecule has 2 N–H and O–H groups in total. The van der Waals surface area contributed by atoms with Crippen molar-refractivity contribution in [2.45, 2.75) is 6.10 Å². The third kappa shape index (κ3) is 2.42. The van der Waals surface area contributed by atoms with E-state index >= 15 is 0 Å². The Labute approximate surface area is 97.8 Å². The van der Waals surface area contributed by atoms with Crippen LogP contribution in [0.5, 0.6) is 0 Å². The highest BCUT2D eigenvalue weighted by Crippen LogP contribution is 2.29. The van der Waals surface area contributed by atoms with E-state index in [0.717, 1.165) is 0 Å². The predicted octanol–water partition coefficient (Wildman–Crippen LogP) is 1.32. The third-order valence-corrected chi connectivity index (χ3v) is 2.60. The van der Waals surface area contributed by atoms with Crippen molar-refractivity contribution in [3.63, 3.8) is 0 Å². The van der Waals surface area contributed by atoms with Gasteiger partial charge in [-0.2, -0.15) is 0 Å². The fourth-order valence-electron chi connectivity index (χ4n) is 1.08. The highest BCUT2D eigenvalue weighted by molar-refractivity contribution is 14.1. The van der Waals surface area contributed by atoms with Crippen LogP contribution in [0, 0.1) is 13.7 Å². The molecule has 0 fully saturated rings. The number of hydrogen-bond acceptors (Lipinski definition) is 4. The maximum Gasteiger partial charge on any atom is 0.337 e. The maximum atomic E-state index is 10.7. The molecular weight excluding hydrogens is 317 g/mol. The van der Waals surface area contributed by atoms with Gasteiger partial charge >= 0.3 is 5.97 Å². The number of aliphatic hydroxyl groups excluding tert-OH is 1. The van der Waals surface area contributed by atoms with E-state index in [2.05, 4.69) is 0 Å². The molecule has 0 aliphatic carbocycles. The van der Waals surface area contributed by atoms with Gasteiger partial charge in [-0.3, -0.25) is 10.1 Å². The first-order chi connectivity index (χ1) is 6.95. The Morgan fingerprint density at radius 3 is 2.60 bits per heavy atom. The first-order valence-electron chi connectivity index (χ1n) is 3.79. The van der Waals surface area contributed by atoms with Crippen molar-refractivity contribution in [3.05, 3.63) is 37.4 Å². The van der Waals surface area contributed by atoms with Gasteiger partial charge in [0, 0.05) is 0 Å². The van der Waals surface area contributed by atoms with E-state index in [9.17, 15) is 20.0 Å². The van der Waals surface area contributed by atoms with Gasteiger partial charge < -0.3 is 10.2 Å². The van der Waals surface area contributed by atoms with Crippen molar-refractivity contribution < 1.29 is 19.9 Å². The summed E-state index contributed by atoms with van der Waals surface area (Å²) in [7, 11) is 0. The number of aliphatic hydroxyl groups is 1. The largest absolute Gasteiger partial charge is 0.479 e. The van der Waals surface area contributed by atoms with Gasteiger partial charge in [0.05, 0.1) is 14.1 Å². The van der Waals surface area contributed by atoms with Crippen molar-refractivity contribution in [1.82, 2.24) is 0 Å². The van der Waals surface area contributed by atoms with Crippen molar-refractivity contribution in [2.75, 3.05) is 0 Å². The summed E-state index contributed by atoms with van der Waals surface area (Å²) in [6.45, 7) is 0. The van der Waals surface area contributed by atoms with Gasteiger partial charge in [-0.1, -0.05) is 6.07 Å². The molecule has 0 spiro atoms. The van der Waals surface area contributed by atoms with Gasteiger partial charge in [0.2, 0.25) is 0 Å². The van der Waals surface area contributed by atoms with Crippen LogP contribution in [-0.2, 0) is 4.79 Å². The summed E-state index contributed by atoms with van der Waals surface area (Å²) in [5, 5.41) is 28.5. The summed E-state index contributed by atoms with van der Waals surface area (Å²) in [5.41, 5.74) is -0.576. The van der Waals surface area contributed by atoms with Gasteiger partial charge in [0.25, 0.3) is 5.69 Å². The highest BCUT2D eigenvalue weighted by Gasteiger charge is 2.27. The minimum absolute atomic E-state index is 0.209. The average Bonchev–Trinajstić information content (AvgIpc) is 2.15. The summed E-state index contributed by atoms with van der Waals surface area (Å²) in [5.74, 6) is -1.51. The summed E-state index contributed by atoms with van der Waals surface area (Å²) < 4.78 is 0.287. The van der Waals surface area contributed by atoms with Gasteiger partial charge in [0.1, 0.15) is 0 Å². The quantitative estimate of drug-likeness (QED) is 0.496. The fourth-order valence-corrected chi connectivity index (χ4v) is 1.79. The zero-order chi connectivity index (χ0) is 11.6. The smallest absolute Gasteiger partial charge is 0.337 e. The molecule has 0 saturated heterocycles. The SMILES string of the molecule is O=C(O)C(O)c1cccc(I)c1[N+](=O)[O-]. The summed E-state index contributed by atoms with van der Waals surface area (Å²) in [4.78, 5) is 20.5. The Morgan fingerprint density at radius 2 is 2.13 bits per heavy atom. The van der Waals surface area contributed by atoms with E-state index in [4.69, 9.17) is 5.11 Å².